The van der Waals surface area contributed by atoms with Crippen LogP contribution in [0.15, 0.2) is 6.07 Å². The largest absolute Gasteiger partial charge is 0.391 e. The maximum Gasteiger partial charge on any atom is 0.223 e. The first-order valence-corrected chi connectivity index (χ1v) is 5.40. The molecule has 1 unspecified atom stereocenters. The maximum absolute atomic E-state index is 9.55. The van der Waals surface area contributed by atoms with Gasteiger partial charge in [-0.15, -0.1) is 0 Å². The first-order chi connectivity index (χ1) is 7.65. The minimum absolute atomic E-state index is 0.208. The van der Waals surface area contributed by atoms with Gasteiger partial charge >= 0.3 is 0 Å². The van der Waals surface area contributed by atoms with Crippen LogP contribution in [0.25, 0.3) is 0 Å². The number of nitrogens with zero attached hydrogens (tertiary/aromatic N) is 2. The summed E-state index contributed by atoms with van der Waals surface area (Å²) in [5.41, 5.74) is 5.54. The van der Waals surface area contributed by atoms with Crippen molar-refractivity contribution < 1.29 is 5.11 Å². The quantitative estimate of drug-likeness (QED) is 0.568. The normalized spacial score (nSPS) is 12.2. The van der Waals surface area contributed by atoms with Crippen LogP contribution >= 0.6 is 0 Å². The molecule has 16 heavy (non-hydrogen) atoms. The average Bonchev–Trinajstić information content (AvgIpc) is 2.26. The van der Waals surface area contributed by atoms with Gasteiger partial charge in [0, 0.05) is 19.7 Å². The van der Waals surface area contributed by atoms with Gasteiger partial charge in [-0.2, -0.15) is 9.97 Å². The Hall–Kier alpha value is -1.56. The van der Waals surface area contributed by atoms with Gasteiger partial charge in [-0.3, -0.25) is 0 Å². The van der Waals surface area contributed by atoms with Crippen LogP contribution in [0.5, 0.6) is 0 Å². The van der Waals surface area contributed by atoms with E-state index < -0.39 is 0 Å². The van der Waals surface area contributed by atoms with E-state index in [9.17, 15) is 5.11 Å². The number of hydrogen-bond donors (Lipinski definition) is 4. The number of hydrogen-bond acceptors (Lipinski definition) is 6. The van der Waals surface area contributed by atoms with Crippen LogP contribution in [0.2, 0.25) is 0 Å². The molecule has 0 aliphatic carbocycles. The molecular weight excluding hydrogens is 206 g/mol. The minimum Gasteiger partial charge on any atom is -0.391 e. The van der Waals surface area contributed by atoms with Crippen molar-refractivity contribution in [2.75, 3.05) is 30.0 Å². The van der Waals surface area contributed by atoms with Crippen LogP contribution in [0.4, 0.5) is 17.6 Å². The van der Waals surface area contributed by atoms with E-state index in [-0.39, 0.29) is 12.1 Å². The topological polar surface area (TPSA) is 96.1 Å². The summed E-state index contributed by atoms with van der Waals surface area (Å²) in [5, 5.41) is 15.5. The van der Waals surface area contributed by atoms with Crippen LogP contribution in [-0.2, 0) is 0 Å². The van der Waals surface area contributed by atoms with Crippen molar-refractivity contribution >= 4 is 17.6 Å². The Morgan fingerprint density at radius 2 is 2.12 bits per heavy atom. The van der Waals surface area contributed by atoms with Crippen LogP contribution < -0.4 is 16.4 Å². The third-order valence-corrected chi connectivity index (χ3v) is 2.14. The van der Waals surface area contributed by atoms with Crippen LogP contribution in [0.1, 0.15) is 19.8 Å². The number of nitrogen functional groups attached to an aromatic ring is 1. The van der Waals surface area contributed by atoms with Gasteiger partial charge in [0.2, 0.25) is 5.95 Å². The van der Waals surface area contributed by atoms with Crippen molar-refractivity contribution in [2.24, 2.45) is 0 Å². The molecule has 6 heteroatoms. The Bertz CT molecular complexity index is 331. The number of aliphatic hydroxyl groups is 1. The highest BCUT2D eigenvalue weighted by Gasteiger charge is 2.04. The van der Waals surface area contributed by atoms with Gasteiger partial charge in [0.25, 0.3) is 0 Å². The Morgan fingerprint density at radius 1 is 1.44 bits per heavy atom. The summed E-state index contributed by atoms with van der Waals surface area (Å²) in [6, 6.07) is 1.75. The number of rotatable bonds is 6. The van der Waals surface area contributed by atoms with Crippen molar-refractivity contribution in [1.29, 1.82) is 0 Å². The predicted octanol–water partition coefficient (Wildman–Crippen LogP) is 0.673. The number of aliphatic hydroxyl groups excluding tert-OH is 1. The van der Waals surface area contributed by atoms with Gasteiger partial charge in [0.15, 0.2) is 0 Å². The fourth-order valence-electron chi connectivity index (χ4n) is 1.34. The van der Waals surface area contributed by atoms with E-state index in [2.05, 4.69) is 20.6 Å². The predicted molar refractivity (Wildman–Crippen MR) is 65.4 cm³/mol. The molecular formula is C10H19N5O. The molecule has 0 bridgehead atoms. The van der Waals surface area contributed by atoms with Crippen molar-refractivity contribution in [3.8, 4) is 0 Å². The SMILES string of the molecule is CCCC(O)CNc1cc(NC)nc(N)n1. The molecule has 5 N–H and O–H groups in total. The number of anilines is 3. The van der Waals surface area contributed by atoms with E-state index in [1.807, 2.05) is 6.92 Å². The van der Waals surface area contributed by atoms with Gasteiger partial charge in [0.05, 0.1) is 6.10 Å². The lowest BCUT2D eigenvalue weighted by Gasteiger charge is -2.12. The monoisotopic (exact) mass is 225 g/mol. The summed E-state index contributed by atoms with van der Waals surface area (Å²) >= 11 is 0. The fourth-order valence-corrected chi connectivity index (χ4v) is 1.34. The van der Waals surface area contributed by atoms with Crippen LogP contribution in [0.3, 0.4) is 0 Å². The lowest BCUT2D eigenvalue weighted by Crippen LogP contribution is -2.20. The molecule has 0 saturated heterocycles. The molecule has 0 fully saturated rings. The first kappa shape index (κ1) is 12.5. The number of nitrogens with one attached hydrogen (secondary N) is 2. The molecule has 0 amide bonds. The van der Waals surface area contributed by atoms with Crippen molar-refractivity contribution in [2.45, 2.75) is 25.9 Å². The molecule has 0 aromatic carbocycles. The lowest BCUT2D eigenvalue weighted by molar-refractivity contribution is 0.176. The summed E-state index contributed by atoms with van der Waals surface area (Å²) in [6.07, 6.45) is 1.36. The number of aromatic nitrogens is 2. The Labute approximate surface area is 95.3 Å². The van der Waals surface area contributed by atoms with Crippen LogP contribution in [-0.4, -0.2) is 34.8 Å². The van der Waals surface area contributed by atoms with E-state index in [0.717, 1.165) is 12.8 Å². The molecule has 1 heterocycles. The second-order valence-corrected chi connectivity index (χ2v) is 3.57. The standard InChI is InChI=1S/C10H19N5O/c1-3-4-7(16)6-13-9-5-8(12-2)14-10(11)15-9/h5,7,16H,3-4,6H2,1-2H3,(H4,11,12,13,14,15). The second-order valence-electron chi connectivity index (χ2n) is 3.57. The third-order valence-electron chi connectivity index (χ3n) is 2.14. The second kappa shape index (κ2) is 6.12. The molecule has 1 rings (SSSR count). The summed E-state index contributed by atoms with van der Waals surface area (Å²) < 4.78 is 0. The molecule has 0 spiro atoms. The zero-order valence-corrected chi connectivity index (χ0v) is 9.70. The zero-order chi connectivity index (χ0) is 12.0. The molecule has 1 aromatic rings. The number of nitrogens with two attached hydrogens (primary N) is 1. The Balaban J connectivity index is 2.56. The van der Waals surface area contributed by atoms with Gasteiger partial charge in [0.1, 0.15) is 11.6 Å². The van der Waals surface area contributed by atoms with E-state index in [0.29, 0.717) is 18.2 Å². The van der Waals surface area contributed by atoms with Gasteiger partial charge in [-0.05, 0) is 6.42 Å². The third kappa shape index (κ3) is 3.90. The molecule has 1 aromatic heterocycles. The van der Waals surface area contributed by atoms with Crippen LogP contribution in [0, 0.1) is 0 Å². The summed E-state index contributed by atoms with van der Waals surface area (Å²) in [4.78, 5) is 7.99. The molecule has 1 atom stereocenters. The van der Waals surface area contributed by atoms with E-state index in [1.54, 1.807) is 13.1 Å². The molecule has 0 radical (unpaired) electrons. The zero-order valence-electron chi connectivity index (χ0n) is 9.70. The highest BCUT2D eigenvalue weighted by atomic mass is 16.3. The molecule has 0 aliphatic heterocycles. The molecule has 0 aliphatic rings. The maximum atomic E-state index is 9.55. The van der Waals surface area contributed by atoms with E-state index >= 15 is 0 Å². The van der Waals surface area contributed by atoms with Gasteiger partial charge < -0.3 is 21.5 Å². The Kier molecular flexibility index (Phi) is 4.78. The van der Waals surface area contributed by atoms with Crippen molar-refractivity contribution in [3.05, 3.63) is 6.07 Å². The van der Waals surface area contributed by atoms with Gasteiger partial charge in [-0.25, -0.2) is 0 Å². The fraction of sp³-hybridized carbons (Fsp3) is 0.600. The summed E-state index contributed by atoms with van der Waals surface area (Å²) in [7, 11) is 1.76. The first-order valence-electron chi connectivity index (χ1n) is 5.40. The molecule has 0 saturated carbocycles. The smallest absolute Gasteiger partial charge is 0.223 e. The summed E-state index contributed by atoms with van der Waals surface area (Å²) in [6.45, 7) is 2.50. The van der Waals surface area contributed by atoms with E-state index in [4.69, 9.17) is 5.73 Å². The minimum atomic E-state index is -0.362. The highest BCUT2D eigenvalue weighted by Crippen LogP contribution is 2.11. The highest BCUT2D eigenvalue weighted by molar-refractivity contribution is 5.50. The van der Waals surface area contributed by atoms with Crippen molar-refractivity contribution in [3.63, 3.8) is 0 Å². The summed E-state index contributed by atoms with van der Waals surface area (Å²) in [5.74, 6) is 1.48. The molecule has 6 nitrogen and oxygen atoms in total. The lowest BCUT2D eigenvalue weighted by atomic mass is 10.2. The van der Waals surface area contributed by atoms with Crippen molar-refractivity contribution in [1.82, 2.24) is 9.97 Å². The Morgan fingerprint density at radius 3 is 2.75 bits per heavy atom. The van der Waals surface area contributed by atoms with Gasteiger partial charge in [-0.1, -0.05) is 13.3 Å². The van der Waals surface area contributed by atoms with E-state index in [1.165, 1.54) is 0 Å². The molecule has 90 valence electrons. The average molecular weight is 225 g/mol.